The van der Waals surface area contributed by atoms with Crippen LogP contribution in [0.3, 0.4) is 0 Å². The first-order chi connectivity index (χ1) is 12.6. The van der Waals surface area contributed by atoms with Crippen molar-refractivity contribution >= 4 is 32.7 Å². The highest BCUT2D eigenvalue weighted by Gasteiger charge is 2.19. The summed E-state index contributed by atoms with van der Waals surface area (Å²) in [6.45, 7) is 3.43. The van der Waals surface area contributed by atoms with Crippen LogP contribution in [0, 0.1) is 6.92 Å². The van der Waals surface area contributed by atoms with E-state index in [1.165, 1.54) is 0 Å². The van der Waals surface area contributed by atoms with Crippen molar-refractivity contribution in [3.8, 4) is 5.75 Å². The van der Waals surface area contributed by atoms with Crippen molar-refractivity contribution in [2.45, 2.75) is 13.3 Å². The summed E-state index contributed by atoms with van der Waals surface area (Å²) in [5, 5.41) is 3.26. The molecule has 134 valence electrons. The van der Waals surface area contributed by atoms with Gasteiger partial charge in [-0.3, -0.25) is 0 Å². The van der Waals surface area contributed by atoms with Crippen LogP contribution in [-0.4, -0.2) is 32.1 Å². The maximum absolute atomic E-state index is 12.4. The van der Waals surface area contributed by atoms with Gasteiger partial charge in [0.25, 0.3) is 0 Å². The van der Waals surface area contributed by atoms with Crippen LogP contribution in [0.2, 0.25) is 0 Å². The van der Waals surface area contributed by atoms with Crippen molar-refractivity contribution in [1.82, 2.24) is 4.90 Å². The topological polar surface area (TPSA) is 55.8 Å². The SMILES string of the molecule is Cc1coc2c(OCCCN(C)C)c3oc(=O)c4ccccc4c3cc12. The van der Waals surface area contributed by atoms with Crippen LogP contribution in [-0.2, 0) is 0 Å². The second-order valence-electron chi connectivity index (χ2n) is 6.82. The van der Waals surface area contributed by atoms with Crippen LogP contribution in [0.25, 0.3) is 32.7 Å². The lowest BCUT2D eigenvalue weighted by Gasteiger charge is -2.12. The van der Waals surface area contributed by atoms with Crippen molar-refractivity contribution in [1.29, 1.82) is 0 Å². The number of hydrogen-bond donors (Lipinski definition) is 0. The Bertz CT molecular complexity index is 1150. The van der Waals surface area contributed by atoms with E-state index in [-0.39, 0.29) is 5.63 Å². The van der Waals surface area contributed by atoms with Gasteiger partial charge in [0.1, 0.15) is 0 Å². The van der Waals surface area contributed by atoms with Gasteiger partial charge in [-0.2, -0.15) is 0 Å². The van der Waals surface area contributed by atoms with Crippen LogP contribution < -0.4 is 10.4 Å². The Labute approximate surface area is 150 Å². The van der Waals surface area contributed by atoms with Crippen molar-refractivity contribution < 1.29 is 13.6 Å². The lowest BCUT2D eigenvalue weighted by molar-refractivity contribution is 0.280. The molecule has 0 aliphatic rings. The Kier molecular flexibility index (Phi) is 4.17. The molecule has 0 bridgehead atoms. The molecule has 5 heteroatoms. The number of furan rings is 1. The number of nitrogens with zero attached hydrogens (tertiary/aromatic N) is 1. The molecular formula is C21H21NO4. The number of rotatable bonds is 5. The Morgan fingerprint density at radius 2 is 1.81 bits per heavy atom. The summed E-state index contributed by atoms with van der Waals surface area (Å²) in [5.74, 6) is 0.507. The molecule has 0 amide bonds. The monoisotopic (exact) mass is 351 g/mol. The molecule has 0 aliphatic heterocycles. The van der Waals surface area contributed by atoms with Gasteiger partial charge in [-0.15, -0.1) is 0 Å². The summed E-state index contributed by atoms with van der Waals surface area (Å²) < 4.78 is 17.4. The highest BCUT2D eigenvalue weighted by molar-refractivity contribution is 6.12. The molecular weight excluding hydrogens is 330 g/mol. The molecule has 5 nitrogen and oxygen atoms in total. The van der Waals surface area contributed by atoms with Gasteiger partial charge in [0.05, 0.1) is 18.3 Å². The van der Waals surface area contributed by atoms with Gasteiger partial charge in [-0.25, -0.2) is 4.79 Å². The van der Waals surface area contributed by atoms with Crippen LogP contribution in [0.15, 0.2) is 50.2 Å². The quantitative estimate of drug-likeness (QED) is 0.304. The molecule has 26 heavy (non-hydrogen) atoms. The summed E-state index contributed by atoms with van der Waals surface area (Å²) in [5.41, 5.74) is 1.72. The fourth-order valence-corrected chi connectivity index (χ4v) is 3.28. The van der Waals surface area contributed by atoms with Crippen molar-refractivity contribution in [3.63, 3.8) is 0 Å². The zero-order valence-electron chi connectivity index (χ0n) is 15.2. The Morgan fingerprint density at radius 3 is 2.58 bits per heavy atom. The summed E-state index contributed by atoms with van der Waals surface area (Å²) in [6, 6.07) is 9.49. The zero-order chi connectivity index (χ0) is 18.3. The van der Waals surface area contributed by atoms with Gasteiger partial charge >= 0.3 is 5.63 Å². The first-order valence-corrected chi connectivity index (χ1v) is 8.70. The van der Waals surface area contributed by atoms with E-state index in [1.54, 1.807) is 12.3 Å². The number of fused-ring (bicyclic) bond motifs is 4. The molecule has 0 radical (unpaired) electrons. The van der Waals surface area contributed by atoms with E-state index < -0.39 is 0 Å². The Balaban J connectivity index is 1.95. The molecule has 4 rings (SSSR count). The molecule has 0 saturated carbocycles. The standard InChI is InChI=1S/C21H21NO4/c1-13-12-25-18-16(13)11-17-14-7-4-5-8-15(14)21(23)26-19(17)20(18)24-10-6-9-22(2)3/h4-5,7-8,11-12H,6,9-10H2,1-3H3. The summed E-state index contributed by atoms with van der Waals surface area (Å²) in [4.78, 5) is 14.5. The predicted molar refractivity (Wildman–Crippen MR) is 103 cm³/mol. The number of ether oxygens (including phenoxy) is 1. The molecule has 0 spiro atoms. The normalized spacial score (nSPS) is 11.8. The fourth-order valence-electron chi connectivity index (χ4n) is 3.28. The average Bonchev–Trinajstić information content (AvgIpc) is 2.99. The van der Waals surface area contributed by atoms with E-state index in [4.69, 9.17) is 13.6 Å². The lowest BCUT2D eigenvalue weighted by Crippen LogP contribution is -2.15. The third-order valence-electron chi connectivity index (χ3n) is 4.60. The van der Waals surface area contributed by atoms with Gasteiger partial charge in [-0.05, 0) is 45.1 Å². The van der Waals surface area contributed by atoms with E-state index >= 15 is 0 Å². The van der Waals surface area contributed by atoms with Gasteiger partial charge < -0.3 is 18.5 Å². The molecule has 2 heterocycles. The van der Waals surface area contributed by atoms with Crippen molar-refractivity contribution in [2.75, 3.05) is 27.2 Å². The minimum atomic E-state index is -0.367. The molecule has 4 aromatic rings. The second kappa shape index (κ2) is 6.50. The van der Waals surface area contributed by atoms with E-state index in [2.05, 4.69) is 4.90 Å². The summed E-state index contributed by atoms with van der Waals surface area (Å²) in [7, 11) is 4.05. The minimum Gasteiger partial charge on any atom is -0.486 e. The van der Waals surface area contributed by atoms with Crippen molar-refractivity contribution in [3.05, 3.63) is 52.6 Å². The fraction of sp³-hybridized carbons (Fsp3) is 0.286. The molecule has 0 N–H and O–H groups in total. The van der Waals surface area contributed by atoms with Crippen molar-refractivity contribution in [2.24, 2.45) is 0 Å². The molecule has 0 atom stereocenters. The van der Waals surface area contributed by atoms with Gasteiger partial charge in [0.15, 0.2) is 11.2 Å². The van der Waals surface area contributed by atoms with Crippen LogP contribution in [0.5, 0.6) is 5.75 Å². The molecule has 2 aromatic carbocycles. The number of aryl methyl sites for hydroxylation is 1. The third kappa shape index (κ3) is 2.74. The minimum absolute atomic E-state index is 0.367. The maximum atomic E-state index is 12.4. The van der Waals surface area contributed by atoms with E-state index in [1.807, 2.05) is 45.3 Å². The highest BCUT2D eigenvalue weighted by Crippen LogP contribution is 2.39. The second-order valence-corrected chi connectivity index (χ2v) is 6.82. The van der Waals surface area contributed by atoms with E-state index in [0.717, 1.165) is 34.7 Å². The molecule has 2 aromatic heterocycles. The third-order valence-corrected chi connectivity index (χ3v) is 4.60. The Hall–Kier alpha value is -2.79. The van der Waals surface area contributed by atoms with Crippen LogP contribution >= 0.6 is 0 Å². The van der Waals surface area contributed by atoms with Gasteiger partial charge in [0.2, 0.25) is 5.75 Å². The average molecular weight is 351 g/mol. The lowest BCUT2D eigenvalue weighted by atomic mass is 10.0. The highest BCUT2D eigenvalue weighted by atomic mass is 16.5. The largest absolute Gasteiger partial charge is 0.486 e. The number of benzene rings is 2. The Morgan fingerprint density at radius 1 is 1.04 bits per heavy atom. The van der Waals surface area contributed by atoms with Gasteiger partial charge in [-0.1, -0.05) is 18.2 Å². The maximum Gasteiger partial charge on any atom is 0.344 e. The van der Waals surface area contributed by atoms with E-state index in [0.29, 0.717) is 28.9 Å². The van der Waals surface area contributed by atoms with Crippen LogP contribution in [0.1, 0.15) is 12.0 Å². The van der Waals surface area contributed by atoms with E-state index in [9.17, 15) is 4.79 Å². The molecule has 0 unspecified atom stereocenters. The van der Waals surface area contributed by atoms with Gasteiger partial charge in [0, 0.05) is 22.7 Å². The van der Waals surface area contributed by atoms with Crippen LogP contribution in [0.4, 0.5) is 0 Å². The zero-order valence-corrected chi connectivity index (χ0v) is 15.2. The first kappa shape index (κ1) is 16.7. The predicted octanol–water partition coefficient (Wildman–Crippen LogP) is 4.33. The molecule has 0 fully saturated rings. The number of hydrogen-bond acceptors (Lipinski definition) is 5. The first-order valence-electron chi connectivity index (χ1n) is 8.70. The molecule has 0 aliphatic carbocycles. The summed E-state index contributed by atoms with van der Waals surface area (Å²) in [6.07, 6.45) is 2.57. The molecule has 0 saturated heterocycles. The summed E-state index contributed by atoms with van der Waals surface area (Å²) >= 11 is 0. The smallest absolute Gasteiger partial charge is 0.344 e.